The zero-order valence-corrected chi connectivity index (χ0v) is 17.3. The molecule has 3 rings (SSSR count). The van der Waals surface area contributed by atoms with Gasteiger partial charge in [0.05, 0.1) is 0 Å². The molecule has 0 fully saturated rings. The number of nitrogens with two attached hydrogens (primary N) is 1. The van der Waals surface area contributed by atoms with E-state index in [2.05, 4.69) is 6.58 Å². The van der Waals surface area contributed by atoms with E-state index in [-0.39, 0.29) is 11.9 Å². The maximum Gasteiger partial charge on any atom is 0.328 e. The Labute approximate surface area is 186 Å². The molecular weight excluding hydrogens is 409 g/mol. The molecule has 1 atom stereocenters. The average Bonchev–Trinajstić information content (AvgIpc) is 2.79. The van der Waals surface area contributed by atoms with Crippen molar-refractivity contribution in [3.05, 3.63) is 109 Å². The van der Waals surface area contributed by atoms with Crippen molar-refractivity contribution in [2.75, 3.05) is 0 Å². The molecule has 0 saturated heterocycles. The summed E-state index contributed by atoms with van der Waals surface area (Å²) in [5, 5.41) is 15.6. The number of hydrogen-bond donors (Lipinski definition) is 3. The summed E-state index contributed by atoms with van der Waals surface area (Å²) in [6.07, 6.45) is 3.60. The molecule has 0 aliphatic carbocycles. The minimum absolute atomic E-state index is 0.143. The molecule has 0 spiro atoms. The molecule has 0 heterocycles. The topological polar surface area (TPSA) is 101 Å². The first-order chi connectivity index (χ1) is 15.3. The van der Waals surface area contributed by atoms with Gasteiger partial charge in [-0.25, -0.2) is 14.0 Å². The number of benzene rings is 3. The van der Waals surface area contributed by atoms with Crippen molar-refractivity contribution in [3.63, 3.8) is 0 Å². The van der Waals surface area contributed by atoms with Crippen LogP contribution in [0.1, 0.15) is 18.0 Å². The molecule has 1 unspecified atom stereocenters. The fourth-order valence-corrected chi connectivity index (χ4v) is 3.07. The number of rotatable bonds is 7. The number of carboxylic acids is 2. The predicted octanol–water partition coefficient (Wildman–Crippen LogP) is 5.45. The summed E-state index contributed by atoms with van der Waals surface area (Å²) in [6.45, 7) is 3.75. The van der Waals surface area contributed by atoms with E-state index >= 15 is 0 Å². The normalized spacial score (nSPS) is 11.3. The lowest BCUT2D eigenvalue weighted by Gasteiger charge is -2.16. The van der Waals surface area contributed by atoms with E-state index in [0.717, 1.165) is 22.3 Å². The van der Waals surface area contributed by atoms with Crippen LogP contribution < -0.4 is 5.73 Å². The van der Waals surface area contributed by atoms with E-state index < -0.39 is 11.9 Å². The molecule has 0 bridgehead atoms. The van der Waals surface area contributed by atoms with Crippen LogP contribution in [-0.4, -0.2) is 22.2 Å². The Bertz CT molecular complexity index is 1090. The summed E-state index contributed by atoms with van der Waals surface area (Å²) < 4.78 is 14.7. The molecule has 0 amide bonds. The van der Waals surface area contributed by atoms with Gasteiger partial charge in [0.15, 0.2) is 0 Å². The van der Waals surface area contributed by atoms with Gasteiger partial charge in [-0.2, -0.15) is 0 Å². The average molecular weight is 433 g/mol. The van der Waals surface area contributed by atoms with Crippen LogP contribution in [-0.2, 0) is 9.59 Å². The third-order valence-electron chi connectivity index (χ3n) is 4.51. The van der Waals surface area contributed by atoms with E-state index in [1.165, 1.54) is 0 Å². The molecule has 0 aliphatic rings. The van der Waals surface area contributed by atoms with Crippen molar-refractivity contribution in [1.82, 2.24) is 0 Å². The van der Waals surface area contributed by atoms with Crippen molar-refractivity contribution in [2.45, 2.75) is 12.5 Å². The van der Waals surface area contributed by atoms with E-state index in [1.54, 1.807) is 12.1 Å². The molecule has 0 radical (unpaired) electrons. The van der Waals surface area contributed by atoms with E-state index in [9.17, 15) is 14.0 Å². The maximum absolute atomic E-state index is 14.7. The summed E-state index contributed by atoms with van der Waals surface area (Å²) in [4.78, 5) is 19.1. The standard InChI is InChI=1S/C22H20FN.C4H4O4/c1-2-8-22(24)20-12-7-6-11-18(20)17-13-14-19(21(23)15-17)16-9-4-3-5-10-16;5-3(6)1-2-4(7)8/h2-7,9-15,22H,1,8,24H2;1-2H,(H,5,6)(H,7,8)/b;2-1+. The Morgan fingerprint density at radius 2 is 1.47 bits per heavy atom. The quantitative estimate of drug-likeness (QED) is 0.340. The molecule has 0 aliphatic heterocycles. The largest absolute Gasteiger partial charge is 0.478 e. The minimum atomic E-state index is -1.26. The molecule has 4 N–H and O–H groups in total. The lowest BCUT2D eigenvalue weighted by Crippen LogP contribution is -2.10. The zero-order chi connectivity index (χ0) is 23.5. The molecular formula is C26H24FNO4. The minimum Gasteiger partial charge on any atom is -0.478 e. The van der Waals surface area contributed by atoms with E-state index in [1.807, 2.05) is 66.7 Å². The van der Waals surface area contributed by atoms with Gasteiger partial charge in [0.25, 0.3) is 0 Å². The third-order valence-corrected chi connectivity index (χ3v) is 4.51. The van der Waals surface area contributed by atoms with Crippen LogP contribution in [0.25, 0.3) is 22.3 Å². The Hall–Kier alpha value is -4.03. The summed E-state index contributed by atoms with van der Waals surface area (Å²) in [6, 6.07) is 22.7. The molecule has 0 aromatic heterocycles. The van der Waals surface area contributed by atoms with E-state index in [4.69, 9.17) is 15.9 Å². The van der Waals surface area contributed by atoms with Crippen molar-refractivity contribution >= 4 is 11.9 Å². The van der Waals surface area contributed by atoms with Gasteiger partial charge in [-0.15, -0.1) is 6.58 Å². The second-order valence-corrected chi connectivity index (χ2v) is 6.79. The van der Waals surface area contributed by atoms with Gasteiger partial charge in [-0.05, 0) is 34.7 Å². The highest BCUT2D eigenvalue weighted by molar-refractivity contribution is 5.89. The maximum atomic E-state index is 14.7. The van der Waals surface area contributed by atoms with Crippen molar-refractivity contribution in [3.8, 4) is 22.3 Å². The summed E-state index contributed by atoms with van der Waals surface area (Å²) in [5.41, 5.74) is 10.5. The fourth-order valence-electron chi connectivity index (χ4n) is 3.07. The Morgan fingerprint density at radius 3 is 2.03 bits per heavy atom. The van der Waals surface area contributed by atoms with Crippen LogP contribution >= 0.6 is 0 Å². The molecule has 6 heteroatoms. The van der Waals surface area contributed by atoms with Crippen molar-refractivity contribution in [2.24, 2.45) is 5.73 Å². The van der Waals surface area contributed by atoms with Crippen LogP contribution in [0, 0.1) is 5.82 Å². The van der Waals surface area contributed by atoms with Crippen molar-refractivity contribution < 1.29 is 24.2 Å². The fraction of sp³-hybridized carbons (Fsp3) is 0.0769. The number of carbonyl (C=O) groups is 2. The first kappa shape index (κ1) is 24.2. The van der Waals surface area contributed by atoms with Gasteiger partial charge in [-0.3, -0.25) is 0 Å². The molecule has 32 heavy (non-hydrogen) atoms. The molecule has 164 valence electrons. The molecule has 5 nitrogen and oxygen atoms in total. The number of aliphatic carboxylic acids is 2. The highest BCUT2D eigenvalue weighted by Gasteiger charge is 2.13. The highest BCUT2D eigenvalue weighted by atomic mass is 19.1. The van der Waals surface area contributed by atoms with Crippen LogP contribution in [0.3, 0.4) is 0 Å². The van der Waals surface area contributed by atoms with Gasteiger partial charge in [0.1, 0.15) is 5.82 Å². The predicted molar refractivity (Wildman–Crippen MR) is 123 cm³/mol. The second-order valence-electron chi connectivity index (χ2n) is 6.79. The Kier molecular flexibility index (Phi) is 9.07. The summed E-state index contributed by atoms with van der Waals surface area (Å²) in [5.74, 6) is -2.74. The van der Waals surface area contributed by atoms with Gasteiger partial charge in [0, 0.05) is 23.8 Å². The third kappa shape index (κ3) is 7.04. The smallest absolute Gasteiger partial charge is 0.328 e. The van der Waals surface area contributed by atoms with Gasteiger partial charge in [0.2, 0.25) is 0 Å². The SMILES string of the molecule is C=CCC(N)c1ccccc1-c1ccc(-c2ccccc2)c(F)c1.O=C(O)/C=C/C(=O)O. The van der Waals surface area contributed by atoms with Crippen LogP contribution in [0.5, 0.6) is 0 Å². The van der Waals surface area contributed by atoms with E-state index in [0.29, 0.717) is 24.1 Å². The molecule has 3 aromatic rings. The Balaban J connectivity index is 0.000000390. The monoisotopic (exact) mass is 433 g/mol. The van der Waals surface area contributed by atoms with Gasteiger partial charge < -0.3 is 15.9 Å². The van der Waals surface area contributed by atoms with Crippen LogP contribution in [0.4, 0.5) is 4.39 Å². The lowest BCUT2D eigenvalue weighted by molar-refractivity contribution is -0.134. The second kappa shape index (κ2) is 12.0. The lowest BCUT2D eigenvalue weighted by atomic mass is 9.92. The molecule has 0 saturated carbocycles. The number of hydrogen-bond acceptors (Lipinski definition) is 3. The first-order valence-electron chi connectivity index (χ1n) is 9.78. The summed E-state index contributed by atoms with van der Waals surface area (Å²) >= 11 is 0. The van der Waals surface area contributed by atoms with Crippen LogP contribution in [0.15, 0.2) is 97.6 Å². The first-order valence-corrected chi connectivity index (χ1v) is 9.78. The summed E-state index contributed by atoms with van der Waals surface area (Å²) in [7, 11) is 0. The van der Waals surface area contributed by atoms with Gasteiger partial charge >= 0.3 is 11.9 Å². The zero-order valence-electron chi connectivity index (χ0n) is 17.3. The highest BCUT2D eigenvalue weighted by Crippen LogP contribution is 2.32. The van der Waals surface area contributed by atoms with Crippen LogP contribution in [0.2, 0.25) is 0 Å². The number of carboxylic acid groups (broad SMARTS) is 2. The number of halogens is 1. The van der Waals surface area contributed by atoms with Crippen molar-refractivity contribution in [1.29, 1.82) is 0 Å². The molecule has 3 aromatic carbocycles. The Morgan fingerprint density at radius 1 is 0.875 bits per heavy atom. The van der Waals surface area contributed by atoms with Gasteiger partial charge in [-0.1, -0.05) is 72.8 Å².